The van der Waals surface area contributed by atoms with Crippen LogP contribution in [-0.4, -0.2) is 37.1 Å². The summed E-state index contributed by atoms with van der Waals surface area (Å²) in [6, 6.07) is 13.7. The maximum atomic E-state index is 12.1. The number of hydrogen-bond donors (Lipinski definition) is 0. The normalized spacial score (nSPS) is 16.0. The molecule has 3 heteroatoms. The van der Waals surface area contributed by atoms with Gasteiger partial charge in [-0.05, 0) is 48.8 Å². The van der Waals surface area contributed by atoms with Gasteiger partial charge in [0.1, 0.15) is 6.61 Å². The van der Waals surface area contributed by atoms with Crippen LogP contribution >= 0.6 is 0 Å². The average molecular weight is 283 g/mol. The fourth-order valence-electron chi connectivity index (χ4n) is 2.85. The Kier molecular flexibility index (Phi) is 4.51. The number of nitrogens with zero attached hydrogens (tertiary/aromatic N) is 1. The van der Waals surface area contributed by atoms with Crippen molar-refractivity contribution < 1.29 is 9.53 Å². The first-order valence-corrected chi connectivity index (χ1v) is 7.71. The average Bonchev–Trinajstić information content (AvgIpc) is 2.55. The van der Waals surface area contributed by atoms with Gasteiger partial charge in [-0.1, -0.05) is 36.8 Å². The van der Waals surface area contributed by atoms with Crippen molar-refractivity contribution in [3.05, 3.63) is 48.0 Å². The highest BCUT2D eigenvalue weighted by atomic mass is 16.5. The second kappa shape index (κ2) is 6.72. The summed E-state index contributed by atoms with van der Waals surface area (Å²) in [4.78, 5) is 14.5. The van der Waals surface area contributed by atoms with Gasteiger partial charge in [-0.3, -0.25) is 4.90 Å². The lowest BCUT2D eigenvalue weighted by Gasteiger charge is -2.25. The van der Waals surface area contributed by atoms with E-state index in [1.54, 1.807) is 0 Å². The van der Waals surface area contributed by atoms with E-state index in [0.29, 0.717) is 12.2 Å². The highest BCUT2D eigenvalue weighted by Gasteiger charge is 2.12. The molecule has 0 amide bonds. The van der Waals surface area contributed by atoms with Crippen molar-refractivity contribution in [2.75, 3.05) is 26.2 Å². The van der Waals surface area contributed by atoms with Crippen molar-refractivity contribution in [3.8, 4) is 0 Å². The van der Waals surface area contributed by atoms with Gasteiger partial charge in [-0.15, -0.1) is 0 Å². The van der Waals surface area contributed by atoms with Gasteiger partial charge >= 0.3 is 5.97 Å². The number of hydrogen-bond acceptors (Lipinski definition) is 3. The van der Waals surface area contributed by atoms with Crippen LogP contribution in [0.5, 0.6) is 0 Å². The lowest BCUT2D eigenvalue weighted by molar-refractivity contribution is 0.0452. The van der Waals surface area contributed by atoms with Crippen molar-refractivity contribution in [1.82, 2.24) is 4.90 Å². The molecule has 1 saturated heterocycles. The molecule has 0 saturated carbocycles. The quantitative estimate of drug-likeness (QED) is 0.805. The molecule has 0 aliphatic carbocycles. The molecular formula is C18H21NO2. The van der Waals surface area contributed by atoms with Crippen LogP contribution < -0.4 is 0 Å². The molecular weight excluding hydrogens is 262 g/mol. The SMILES string of the molecule is O=C(OCCN1CCCCC1)c1ccc2ccccc2c1. The van der Waals surface area contributed by atoms with Crippen molar-refractivity contribution in [2.24, 2.45) is 0 Å². The second-order valence-electron chi connectivity index (χ2n) is 5.60. The number of carbonyl (C=O) groups excluding carboxylic acids is 1. The third kappa shape index (κ3) is 3.61. The minimum atomic E-state index is -0.224. The Hall–Kier alpha value is -1.87. The predicted molar refractivity (Wildman–Crippen MR) is 84.5 cm³/mol. The summed E-state index contributed by atoms with van der Waals surface area (Å²) < 4.78 is 5.40. The van der Waals surface area contributed by atoms with E-state index in [1.165, 1.54) is 19.3 Å². The van der Waals surface area contributed by atoms with Gasteiger partial charge in [-0.25, -0.2) is 4.79 Å². The van der Waals surface area contributed by atoms with Crippen LogP contribution in [0.2, 0.25) is 0 Å². The maximum Gasteiger partial charge on any atom is 0.338 e. The van der Waals surface area contributed by atoms with Crippen LogP contribution in [0.4, 0.5) is 0 Å². The standard InChI is InChI=1S/C18H21NO2/c20-18(21-13-12-19-10-4-1-5-11-19)17-9-8-15-6-2-3-7-16(15)14-17/h2-3,6-9,14H,1,4-5,10-13H2. The number of likely N-dealkylation sites (tertiary alicyclic amines) is 1. The van der Waals surface area contributed by atoms with E-state index >= 15 is 0 Å². The molecule has 110 valence electrons. The Labute approximate surface area is 125 Å². The largest absolute Gasteiger partial charge is 0.461 e. The van der Waals surface area contributed by atoms with E-state index < -0.39 is 0 Å². The van der Waals surface area contributed by atoms with Crippen molar-refractivity contribution in [1.29, 1.82) is 0 Å². The molecule has 21 heavy (non-hydrogen) atoms. The molecule has 1 aliphatic rings. The Morgan fingerprint density at radius 2 is 1.76 bits per heavy atom. The molecule has 0 bridgehead atoms. The molecule has 2 aromatic carbocycles. The maximum absolute atomic E-state index is 12.1. The smallest absolute Gasteiger partial charge is 0.338 e. The third-order valence-electron chi connectivity index (χ3n) is 4.07. The highest BCUT2D eigenvalue weighted by molar-refractivity contribution is 5.95. The minimum absolute atomic E-state index is 0.224. The molecule has 1 aliphatic heterocycles. The Morgan fingerprint density at radius 1 is 1.00 bits per heavy atom. The summed E-state index contributed by atoms with van der Waals surface area (Å²) in [5, 5.41) is 2.21. The molecule has 0 N–H and O–H groups in total. The third-order valence-corrected chi connectivity index (χ3v) is 4.07. The van der Waals surface area contributed by atoms with E-state index in [9.17, 15) is 4.79 Å². The van der Waals surface area contributed by atoms with Crippen molar-refractivity contribution in [2.45, 2.75) is 19.3 Å². The molecule has 0 radical (unpaired) electrons. The van der Waals surface area contributed by atoms with Crippen LogP contribution in [0.3, 0.4) is 0 Å². The van der Waals surface area contributed by atoms with Crippen molar-refractivity contribution >= 4 is 16.7 Å². The van der Waals surface area contributed by atoms with Crippen LogP contribution in [0.15, 0.2) is 42.5 Å². The molecule has 2 aromatic rings. The van der Waals surface area contributed by atoms with Crippen LogP contribution in [0.1, 0.15) is 29.6 Å². The number of esters is 1. The minimum Gasteiger partial charge on any atom is -0.461 e. The van der Waals surface area contributed by atoms with Gasteiger partial charge in [0.25, 0.3) is 0 Å². The molecule has 3 rings (SSSR count). The first-order chi connectivity index (χ1) is 10.3. The van der Waals surface area contributed by atoms with E-state index in [0.717, 1.165) is 30.4 Å². The first-order valence-electron chi connectivity index (χ1n) is 7.71. The zero-order valence-corrected chi connectivity index (χ0v) is 12.3. The number of carbonyl (C=O) groups is 1. The first kappa shape index (κ1) is 14.1. The Bertz CT molecular complexity index is 617. The molecule has 0 aromatic heterocycles. The van der Waals surface area contributed by atoms with Gasteiger partial charge in [0.2, 0.25) is 0 Å². The summed E-state index contributed by atoms with van der Waals surface area (Å²) in [6.07, 6.45) is 3.85. The number of fused-ring (bicyclic) bond motifs is 1. The number of ether oxygens (including phenoxy) is 1. The molecule has 0 atom stereocenters. The van der Waals surface area contributed by atoms with Crippen LogP contribution in [0.25, 0.3) is 10.8 Å². The molecule has 0 unspecified atom stereocenters. The summed E-state index contributed by atoms with van der Waals surface area (Å²) in [5.41, 5.74) is 0.632. The summed E-state index contributed by atoms with van der Waals surface area (Å²) in [6.45, 7) is 3.59. The highest BCUT2D eigenvalue weighted by Crippen LogP contribution is 2.16. The van der Waals surface area contributed by atoms with E-state index in [2.05, 4.69) is 4.90 Å². The summed E-state index contributed by atoms with van der Waals surface area (Å²) in [5.74, 6) is -0.224. The van der Waals surface area contributed by atoms with Gasteiger partial charge < -0.3 is 4.74 Å². The van der Waals surface area contributed by atoms with Crippen molar-refractivity contribution in [3.63, 3.8) is 0 Å². The monoisotopic (exact) mass is 283 g/mol. The summed E-state index contributed by atoms with van der Waals surface area (Å²) >= 11 is 0. The van der Waals surface area contributed by atoms with Gasteiger partial charge in [0.05, 0.1) is 5.56 Å². The zero-order valence-electron chi connectivity index (χ0n) is 12.3. The number of piperidine rings is 1. The Morgan fingerprint density at radius 3 is 2.57 bits per heavy atom. The topological polar surface area (TPSA) is 29.5 Å². The van der Waals surface area contributed by atoms with Gasteiger partial charge in [-0.2, -0.15) is 0 Å². The zero-order chi connectivity index (χ0) is 14.5. The van der Waals surface area contributed by atoms with E-state index in [4.69, 9.17) is 4.74 Å². The van der Waals surface area contributed by atoms with E-state index in [-0.39, 0.29) is 5.97 Å². The molecule has 1 heterocycles. The lowest BCUT2D eigenvalue weighted by atomic mass is 10.1. The second-order valence-corrected chi connectivity index (χ2v) is 5.60. The number of benzene rings is 2. The predicted octanol–water partition coefficient (Wildman–Crippen LogP) is 3.48. The van der Waals surface area contributed by atoms with Gasteiger partial charge in [0, 0.05) is 6.54 Å². The lowest BCUT2D eigenvalue weighted by Crippen LogP contribution is -2.33. The van der Waals surface area contributed by atoms with Crippen LogP contribution in [-0.2, 0) is 4.74 Å². The Balaban J connectivity index is 1.56. The molecule has 3 nitrogen and oxygen atoms in total. The van der Waals surface area contributed by atoms with Gasteiger partial charge in [0.15, 0.2) is 0 Å². The summed E-state index contributed by atoms with van der Waals surface area (Å²) in [7, 11) is 0. The van der Waals surface area contributed by atoms with E-state index in [1.807, 2.05) is 42.5 Å². The number of rotatable bonds is 4. The fourth-order valence-corrected chi connectivity index (χ4v) is 2.85. The molecule has 0 spiro atoms. The fraction of sp³-hybridized carbons (Fsp3) is 0.389. The van der Waals surface area contributed by atoms with Crippen LogP contribution in [0, 0.1) is 0 Å². The molecule has 1 fully saturated rings.